The third kappa shape index (κ3) is 4.47. The molecule has 6 heteroatoms. The Morgan fingerprint density at radius 2 is 2.00 bits per heavy atom. The van der Waals surface area contributed by atoms with Crippen LogP contribution < -0.4 is 10.2 Å². The van der Waals surface area contributed by atoms with Crippen molar-refractivity contribution in [1.29, 1.82) is 0 Å². The molecular formula is C18H25N3O2S. The summed E-state index contributed by atoms with van der Waals surface area (Å²) in [6.07, 6.45) is 0.667. The predicted octanol–water partition coefficient (Wildman–Crippen LogP) is 4.37. The topological polar surface area (TPSA) is 65.5 Å². The van der Waals surface area contributed by atoms with Gasteiger partial charge in [-0.3, -0.25) is 4.79 Å². The molecule has 2 aromatic rings. The van der Waals surface area contributed by atoms with E-state index in [0.717, 1.165) is 34.5 Å². The lowest BCUT2D eigenvalue weighted by atomic mass is 10.1. The van der Waals surface area contributed by atoms with Crippen molar-refractivity contribution in [2.45, 2.75) is 40.5 Å². The molecule has 5 nitrogen and oxygen atoms in total. The van der Waals surface area contributed by atoms with Crippen molar-refractivity contribution in [3.05, 3.63) is 34.3 Å². The van der Waals surface area contributed by atoms with Crippen molar-refractivity contribution in [2.24, 2.45) is 0 Å². The summed E-state index contributed by atoms with van der Waals surface area (Å²) >= 11 is 1.53. The van der Waals surface area contributed by atoms with Gasteiger partial charge in [-0.05, 0) is 57.9 Å². The quantitative estimate of drug-likeness (QED) is 0.742. The number of aromatic nitrogens is 1. The summed E-state index contributed by atoms with van der Waals surface area (Å²) in [6, 6.07) is 6.38. The normalized spacial score (nSPS) is 10.7. The summed E-state index contributed by atoms with van der Waals surface area (Å²) in [5.41, 5.74) is 4.32. The van der Waals surface area contributed by atoms with Gasteiger partial charge in [-0.1, -0.05) is 0 Å². The highest BCUT2D eigenvalue weighted by Gasteiger charge is 2.11. The number of carboxylic acid groups (broad SMARTS) is 1. The van der Waals surface area contributed by atoms with E-state index in [4.69, 9.17) is 5.11 Å². The van der Waals surface area contributed by atoms with Crippen molar-refractivity contribution < 1.29 is 9.90 Å². The van der Waals surface area contributed by atoms with Crippen LogP contribution in [0.4, 0.5) is 16.5 Å². The second-order valence-electron chi connectivity index (χ2n) is 5.72. The monoisotopic (exact) mass is 347 g/mol. The maximum Gasteiger partial charge on any atom is 0.303 e. The number of thiazole rings is 1. The van der Waals surface area contributed by atoms with Crippen molar-refractivity contribution in [3.63, 3.8) is 0 Å². The third-order valence-corrected chi connectivity index (χ3v) is 5.17. The average molecular weight is 347 g/mol. The number of nitrogens with one attached hydrogen (secondary N) is 1. The van der Waals surface area contributed by atoms with Crippen LogP contribution in [0.25, 0.3) is 0 Å². The number of hydrogen-bond donors (Lipinski definition) is 2. The number of benzene rings is 1. The number of aryl methyl sites for hydroxylation is 3. The third-order valence-electron chi connectivity index (χ3n) is 4.04. The SMILES string of the molecule is CCN(CC)c1ccc(Nc2nc(C)c(CCC(=O)O)s2)c(C)c1. The molecule has 130 valence electrons. The highest BCUT2D eigenvalue weighted by atomic mass is 32.1. The molecule has 0 bridgehead atoms. The van der Waals surface area contributed by atoms with E-state index in [1.165, 1.54) is 22.6 Å². The number of hydrogen-bond acceptors (Lipinski definition) is 5. The van der Waals surface area contributed by atoms with Crippen LogP contribution in [0.15, 0.2) is 18.2 Å². The minimum Gasteiger partial charge on any atom is -0.481 e. The Morgan fingerprint density at radius 3 is 2.58 bits per heavy atom. The lowest BCUT2D eigenvalue weighted by molar-refractivity contribution is -0.136. The van der Waals surface area contributed by atoms with Crippen LogP contribution in [-0.2, 0) is 11.2 Å². The number of rotatable bonds is 8. The van der Waals surface area contributed by atoms with Crippen molar-refractivity contribution in [3.8, 4) is 0 Å². The Hall–Kier alpha value is -2.08. The number of carbonyl (C=O) groups is 1. The lowest BCUT2D eigenvalue weighted by Gasteiger charge is -2.22. The van der Waals surface area contributed by atoms with Gasteiger partial charge in [-0.25, -0.2) is 4.98 Å². The summed E-state index contributed by atoms with van der Waals surface area (Å²) in [5.74, 6) is -0.778. The van der Waals surface area contributed by atoms with E-state index < -0.39 is 5.97 Å². The molecule has 0 saturated carbocycles. The zero-order valence-electron chi connectivity index (χ0n) is 14.7. The van der Waals surface area contributed by atoms with Gasteiger partial charge in [-0.2, -0.15) is 0 Å². The Morgan fingerprint density at radius 1 is 1.29 bits per heavy atom. The van der Waals surface area contributed by atoms with Gasteiger partial charge in [0.15, 0.2) is 5.13 Å². The molecule has 0 aliphatic carbocycles. The number of carboxylic acids is 1. The van der Waals surface area contributed by atoms with E-state index in [0.29, 0.717) is 6.42 Å². The largest absolute Gasteiger partial charge is 0.481 e. The summed E-state index contributed by atoms with van der Waals surface area (Å²) < 4.78 is 0. The fourth-order valence-electron chi connectivity index (χ4n) is 2.62. The molecule has 0 spiro atoms. The molecule has 1 heterocycles. The molecule has 2 N–H and O–H groups in total. The Labute approximate surface area is 147 Å². The highest BCUT2D eigenvalue weighted by molar-refractivity contribution is 7.15. The zero-order valence-corrected chi connectivity index (χ0v) is 15.5. The maximum atomic E-state index is 10.7. The molecule has 0 saturated heterocycles. The Bertz CT molecular complexity index is 708. The number of nitrogens with zero attached hydrogens (tertiary/aromatic N) is 2. The standard InChI is InChI=1S/C18H25N3O2S/c1-5-21(6-2)14-7-8-15(12(3)11-14)20-18-19-13(4)16(24-18)9-10-17(22)23/h7-8,11H,5-6,9-10H2,1-4H3,(H,19,20)(H,22,23). The zero-order chi connectivity index (χ0) is 17.7. The van der Waals surface area contributed by atoms with Gasteiger partial charge in [0, 0.05) is 29.3 Å². The first kappa shape index (κ1) is 18.3. The Kier molecular flexibility index (Phi) is 6.20. The highest BCUT2D eigenvalue weighted by Crippen LogP contribution is 2.30. The summed E-state index contributed by atoms with van der Waals surface area (Å²) in [7, 11) is 0. The van der Waals surface area contributed by atoms with Gasteiger partial charge >= 0.3 is 5.97 Å². The first-order chi connectivity index (χ1) is 11.4. The average Bonchev–Trinajstić information content (AvgIpc) is 2.89. The maximum absolute atomic E-state index is 10.7. The van der Waals surface area contributed by atoms with Crippen LogP contribution in [-0.4, -0.2) is 29.1 Å². The smallest absolute Gasteiger partial charge is 0.303 e. The first-order valence-electron chi connectivity index (χ1n) is 8.25. The first-order valence-corrected chi connectivity index (χ1v) is 9.07. The molecule has 1 aromatic heterocycles. The van der Waals surface area contributed by atoms with Crippen LogP contribution in [0, 0.1) is 13.8 Å². The molecule has 2 rings (SSSR count). The number of aliphatic carboxylic acids is 1. The van der Waals surface area contributed by atoms with E-state index in [-0.39, 0.29) is 6.42 Å². The van der Waals surface area contributed by atoms with Crippen LogP contribution in [0.1, 0.15) is 36.4 Å². The molecule has 0 fully saturated rings. The molecule has 0 aliphatic rings. The predicted molar refractivity (Wildman–Crippen MR) is 101 cm³/mol. The van der Waals surface area contributed by atoms with Crippen LogP contribution in [0.5, 0.6) is 0 Å². The van der Waals surface area contributed by atoms with Crippen molar-refractivity contribution >= 4 is 33.8 Å². The molecular weight excluding hydrogens is 322 g/mol. The molecule has 0 aliphatic heterocycles. The van der Waals surface area contributed by atoms with E-state index >= 15 is 0 Å². The summed E-state index contributed by atoms with van der Waals surface area (Å²) in [6.45, 7) is 10.3. The van der Waals surface area contributed by atoms with Gasteiger partial charge in [-0.15, -0.1) is 11.3 Å². The van der Waals surface area contributed by atoms with Gasteiger partial charge in [0.1, 0.15) is 0 Å². The minimum absolute atomic E-state index is 0.139. The molecule has 1 aromatic carbocycles. The van der Waals surface area contributed by atoms with E-state index in [2.05, 4.69) is 54.2 Å². The number of anilines is 3. The van der Waals surface area contributed by atoms with Crippen LogP contribution >= 0.6 is 11.3 Å². The van der Waals surface area contributed by atoms with E-state index in [9.17, 15) is 4.79 Å². The van der Waals surface area contributed by atoms with Gasteiger partial charge in [0.2, 0.25) is 0 Å². The van der Waals surface area contributed by atoms with Crippen LogP contribution in [0.3, 0.4) is 0 Å². The fourth-order valence-corrected chi connectivity index (χ4v) is 3.60. The van der Waals surface area contributed by atoms with E-state index in [1.54, 1.807) is 0 Å². The van der Waals surface area contributed by atoms with Gasteiger partial charge < -0.3 is 15.3 Å². The molecule has 0 radical (unpaired) electrons. The minimum atomic E-state index is -0.778. The summed E-state index contributed by atoms with van der Waals surface area (Å²) in [5, 5.41) is 13.0. The van der Waals surface area contributed by atoms with Crippen molar-refractivity contribution in [1.82, 2.24) is 4.98 Å². The second-order valence-corrected chi connectivity index (χ2v) is 6.80. The molecule has 24 heavy (non-hydrogen) atoms. The molecule has 0 amide bonds. The van der Waals surface area contributed by atoms with E-state index in [1.807, 2.05) is 6.92 Å². The lowest BCUT2D eigenvalue weighted by Crippen LogP contribution is -2.21. The Balaban J connectivity index is 2.13. The van der Waals surface area contributed by atoms with Gasteiger partial charge in [0.05, 0.1) is 12.1 Å². The second kappa shape index (κ2) is 8.15. The van der Waals surface area contributed by atoms with Crippen molar-refractivity contribution in [2.75, 3.05) is 23.3 Å². The van der Waals surface area contributed by atoms with Crippen LogP contribution in [0.2, 0.25) is 0 Å². The molecule has 0 atom stereocenters. The summed E-state index contributed by atoms with van der Waals surface area (Å²) in [4.78, 5) is 18.6. The van der Waals surface area contributed by atoms with Gasteiger partial charge in [0.25, 0.3) is 0 Å². The fraction of sp³-hybridized carbons (Fsp3) is 0.444. The molecule has 0 unspecified atom stereocenters.